The van der Waals surface area contributed by atoms with Crippen LogP contribution in [0.3, 0.4) is 0 Å². The lowest BCUT2D eigenvalue weighted by atomic mass is 9.97. The van der Waals surface area contributed by atoms with Gasteiger partial charge in [-0.05, 0) is 48.7 Å². The number of halogens is 3. The third-order valence-electron chi connectivity index (χ3n) is 4.64. The van der Waals surface area contributed by atoms with Gasteiger partial charge in [-0.1, -0.05) is 35.3 Å². The molecule has 0 unspecified atom stereocenters. The highest BCUT2D eigenvalue weighted by molar-refractivity contribution is 7.88. The van der Waals surface area contributed by atoms with Gasteiger partial charge in [0.1, 0.15) is 5.82 Å². The van der Waals surface area contributed by atoms with Gasteiger partial charge in [0.15, 0.2) is 0 Å². The molecule has 1 aliphatic heterocycles. The Morgan fingerprint density at radius 1 is 1.11 bits per heavy atom. The van der Waals surface area contributed by atoms with Crippen LogP contribution in [-0.2, 0) is 20.6 Å². The maximum Gasteiger partial charge on any atom is 0.227 e. The SMILES string of the molecule is O=C(Nc1cccc(F)c1)C1CCN(S(=O)(=O)Cc2ccc(Cl)c(Cl)c2)CC1. The second kappa shape index (κ2) is 8.78. The number of anilines is 1. The molecule has 3 rings (SSSR count). The topological polar surface area (TPSA) is 66.5 Å². The number of carbonyl (C=O) groups excluding carboxylic acids is 1. The lowest BCUT2D eigenvalue weighted by Crippen LogP contribution is -2.41. The zero-order valence-electron chi connectivity index (χ0n) is 14.9. The maximum absolute atomic E-state index is 13.2. The molecule has 1 amide bonds. The number of nitrogens with one attached hydrogen (secondary N) is 1. The van der Waals surface area contributed by atoms with Gasteiger partial charge in [0.25, 0.3) is 0 Å². The number of hydrogen-bond donors (Lipinski definition) is 1. The van der Waals surface area contributed by atoms with E-state index in [0.29, 0.717) is 34.1 Å². The first kappa shape index (κ1) is 21.0. The summed E-state index contributed by atoms with van der Waals surface area (Å²) >= 11 is 11.8. The molecule has 1 heterocycles. The number of amides is 1. The van der Waals surface area contributed by atoms with E-state index in [1.54, 1.807) is 24.3 Å². The first-order valence-electron chi connectivity index (χ1n) is 8.73. The number of piperidine rings is 1. The Morgan fingerprint density at radius 2 is 1.82 bits per heavy atom. The maximum atomic E-state index is 13.2. The van der Waals surface area contributed by atoms with Crippen LogP contribution in [0.2, 0.25) is 10.0 Å². The molecule has 150 valence electrons. The Balaban J connectivity index is 1.57. The zero-order chi connectivity index (χ0) is 20.3. The normalized spacial score (nSPS) is 16.1. The van der Waals surface area contributed by atoms with E-state index < -0.39 is 15.8 Å². The summed E-state index contributed by atoms with van der Waals surface area (Å²) in [4.78, 5) is 12.4. The van der Waals surface area contributed by atoms with Crippen LogP contribution in [0.15, 0.2) is 42.5 Å². The monoisotopic (exact) mass is 444 g/mol. The van der Waals surface area contributed by atoms with Gasteiger partial charge in [0, 0.05) is 24.7 Å². The van der Waals surface area contributed by atoms with Gasteiger partial charge >= 0.3 is 0 Å². The molecule has 1 saturated heterocycles. The summed E-state index contributed by atoms with van der Waals surface area (Å²) < 4.78 is 39.9. The predicted molar refractivity (Wildman–Crippen MR) is 108 cm³/mol. The van der Waals surface area contributed by atoms with Crippen molar-refractivity contribution >= 4 is 44.8 Å². The second-order valence-corrected chi connectivity index (χ2v) is 9.46. The van der Waals surface area contributed by atoms with Crippen molar-refractivity contribution in [1.82, 2.24) is 4.31 Å². The van der Waals surface area contributed by atoms with Crippen LogP contribution in [0.4, 0.5) is 10.1 Å². The summed E-state index contributed by atoms with van der Waals surface area (Å²) in [7, 11) is -3.53. The number of carbonyl (C=O) groups is 1. The molecule has 0 radical (unpaired) electrons. The van der Waals surface area contributed by atoms with Crippen LogP contribution in [0.1, 0.15) is 18.4 Å². The molecule has 2 aromatic rings. The first-order valence-corrected chi connectivity index (χ1v) is 11.1. The molecule has 28 heavy (non-hydrogen) atoms. The summed E-state index contributed by atoms with van der Waals surface area (Å²) in [6.07, 6.45) is 0.809. The molecule has 1 N–H and O–H groups in total. The Morgan fingerprint density at radius 3 is 2.46 bits per heavy atom. The number of sulfonamides is 1. The van der Waals surface area contributed by atoms with Crippen LogP contribution in [0.25, 0.3) is 0 Å². The summed E-state index contributed by atoms with van der Waals surface area (Å²) in [5.41, 5.74) is 0.944. The molecule has 1 aliphatic rings. The number of rotatable bonds is 5. The quantitative estimate of drug-likeness (QED) is 0.746. The highest BCUT2D eigenvalue weighted by atomic mass is 35.5. The van der Waals surface area contributed by atoms with Crippen molar-refractivity contribution in [1.29, 1.82) is 0 Å². The lowest BCUT2D eigenvalue weighted by Gasteiger charge is -2.30. The molecule has 5 nitrogen and oxygen atoms in total. The van der Waals surface area contributed by atoms with Gasteiger partial charge in [-0.25, -0.2) is 17.1 Å². The molecule has 0 aromatic heterocycles. The molecule has 0 saturated carbocycles. The standard InChI is InChI=1S/C19H19Cl2FN2O3S/c20-17-5-4-13(10-18(17)21)12-28(26,27)24-8-6-14(7-9-24)19(25)23-16-3-1-2-15(22)11-16/h1-5,10-11,14H,6-9,12H2,(H,23,25). The van der Waals surface area contributed by atoms with Crippen molar-refractivity contribution in [2.75, 3.05) is 18.4 Å². The Bertz CT molecular complexity index is 977. The molecule has 0 aliphatic carbocycles. The fraction of sp³-hybridized carbons (Fsp3) is 0.316. The van der Waals surface area contributed by atoms with Crippen molar-refractivity contribution in [3.8, 4) is 0 Å². The third-order valence-corrected chi connectivity index (χ3v) is 7.23. The fourth-order valence-electron chi connectivity index (χ4n) is 3.14. The lowest BCUT2D eigenvalue weighted by molar-refractivity contribution is -0.120. The molecule has 0 atom stereocenters. The minimum Gasteiger partial charge on any atom is -0.326 e. The third kappa shape index (κ3) is 5.23. The van der Waals surface area contributed by atoms with E-state index in [9.17, 15) is 17.6 Å². The van der Waals surface area contributed by atoms with Gasteiger partial charge < -0.3 is 5.32 Å². The average Bonchev–Trinajstić information content (AvgIpc) is 2.65. The highest BCUT2D eigenvalue weighted by Crippen LogP contribution is 2.26. The molecular weight excluding hydrogens is 426 g/mol. The summed E-state index contributed by atoms with van der Waals surface area (Å²) in [5.74, 6) is -1.16. The van der Waals surface area contributed by atoms with Crippen molar-refractivity contribution in [2.45, 2.75) is 18.6 Å². The van der Waals surface area contributed by atoms with E-state index in [2.05, 4.69) is 5.32 Å². The number of nitrogens with zero attached hydrogens (tertiary/aromatic N) is 1. The zero-order valence-corrected chi connectivity index (χ0v) is 17.2. The Hall–Kier alpha value is -1.67. The van der Waals surface area contributed by atoms with Crippen LogP contribution in [-0.4, -0.2) is 31.7 Å². The average molecular weight is 445 g/mol. The van der Waals surface area contributed by atoms with E-state index in [-0.39, 0.29) is 30.7 Å². The summed E-state index contributed by atoms with van der Waals surface area (Å²) in [5, 5.41) is 3.36. The van der Waals surface area contributed by atoms with Gasteiger partial charge in [0.2, 0.25) is 15.9 Å². The van der Waals surface area contributed by atoms with E-state index in [4.69, 9.17) is 23.2 Å². The molecule has 0 bridgehead atoms. The van der Waals surface area contributed by atoms with Crippen LogP contribution in [0, 0.1) is 11.7 Å². The number of hydrogen-bond acceptors (Lipinski definition) is 3. The first-order chi connectivity index (χ1) is 13.2. The molecule has 0 spiro atoms. The molecule has 1 fully saturated rings. The fourth-order valence-corrected chi connectivity index (χ4v) is 5.01. The largest absolute Gasteiger partial charge is 0.326 e. The second-order valence-electron chi connectivity index (χ2n) is 6.68. The smallest absolute Gasteiger partial charge is 0.227 e. The Labute approximate surface area is 173 Å². The predicted octanol–water partition coefficient (Wildman–Crippen LogP) is 4.31. The van der Waals surface area contributed by atoms with Crippen molar-refractivity contribution < 1.29 is 17.6 Å². The van der Waals surface area contributed by atoms with E-state index >= 15 is 0 Å². The van der Waals surface area contributed by atoms with Gasteiger partial charge in [-0.2, -0.15) is 0 Å². The number of benzene rings is 2. The molecular formula is C19H19Cl2FN2O3S. The van der Waals surface area contributed by atoms with Crippen LogP contribution < -0.4 is 5.32 Å². The van der Waals surface area contributed by atoms with Crippen molar-refractivity contribution in [2.24, 2.45) is 5.92 Å². The molecule has 9 heteroatoms. The minimum atomic E-state index is -3.53. The van der Waals surface area contributed by atoms with E-state index in [1.807, 2.05) is 0 Å². The van der Waals surface area contributed by atoms with Crippen LogP contribution >= 0.6 is 23.2 Å². The summed E-state index contributed by atoms with van der Waals surface area (Å²) in [6.45, 7) is 0.510. The van der Waals surface area contributed by atoms with Crippen LogP contribution in [0.5, 0.6) is 0 Å². The van der Waals surface area contributed by atoms with Crippen molar-refractivity contribution in [3.05, 3.63) is 63.9 Å². The molecule has 2 aromatic carbocycles. The van der Waals surface area contributed by atoms with E-state index in [1.165, 1.54) is 22.5 Å². The van der Waals surface area contributed by atoms with Gasteiger partial charge in [0.05, 0.1) is 15.8 Å². The van der Waals surface area contributed by atoms with E-state index in [0.717, 1.165) is 0 Å². The Kier molecular flexibility index (Phi) is 6.60. The summed E-state index contributed by atoms with van der Waals surface area (Å²) in [6, 6.07) is 10.4. The van der Waals surface area contributed by atoms with Crippen molar-refractivity contribution in [3.63, 3.8) is 0 Å². The van der Waals surface area contributed by atoms with Gasteiger partial charge in [-0.15, -0.1) is 0 Å². The minimum absolute atomic E-state index is 0.177. The van der Waals surface area contributed by atoms with Gasteiger partial charge in [-0.3, -0.25) is 4.79 Å². The highest BCUT2D eigenvalue weighted by Gasteiger charge is 2.31.